The molecule has 0 N–H and O–H groups in total. The number of hydrogen-bond acceptors (Lipinski definition) is 4. The molecule has 1 saturated carbocycles. The Hall–Kier alpha value is -6.85. The molecular weight excluding hydrogens is 828 g/mol. The maximum absolute atomic E-state index is 14.4. The van der Waals surface area contributed by atoms with Gasteiger partial charge < -0.3 is 9.47 Å². The first-order chi connectivity index (χ1) is 32.0. The lowest BCUT2D eigenvalue weighted by Crippen LogP contribution is -2.40. The van der Waals surface area contributed by atoms with Gasteiger partial charge in [-0.2, -0.15) is 0 Å². The Morgan fingerprint density at radius 3 is 1.69 bits per heavy atom. The summed E-state index contributed by atoms with van der Waals surface area (Å²) in [6, 6.07) is 37.8. The van der Waals surface area contributed by atoms with Crippen LogP contribution in [0.1, 0.15) is 122 Å². The number of ketones is 2. The minimum atomic E-state index is -1.48. The van der Waals surface area contributed by atoms with E-state index in [1.54, 1.807) is 24.3 Å². The van der Waals surface area contributed by atoms with E-state index >= 15 is 0 Å². The Kier molecular flexibility index (Phi) is 14.3. The highest BCUT2D eigenvalue weighted by Crippen LogP contribution is 2.61. The minimum Gasteiger partial charge on any atom is -0.484 e. The van der Waals surface area contributed by atoms with Crippen molar-refractivity contribution in [2.75, 3.05) is 0 Å². The van der Waals surface area contributed by atoms with Crippen LogP contribution >= 0.6 is 0 Å². The summed E-state index contributed by atoms with van der Waals surface area (Å²) >= 11 is 0. The molecule has 0 aromatic heterocycles. The number of benzene rings is 5. The molecule has 0 heterocycles. The summed E-state index contributed by atoms with van der Waals surface area (Å²) in [7, 11) is 0. The second-order valence-electron chi connectivity index (χ2n) is 18.9. The van der Waals surface area contributed by atoms with Gasteiger partial charge in [0.1, 0.15) is 28.5 Å². The van der Waals surface area contributed by atoms with E-state index in [1.165, 1.54) is 30.6 Å². The number of rotatable bonds is 16. The van der Waals surface area contributed by atoms with E-state index in [2.05, 4.69) is 102 Å². The van der Waals surface area contributed by atoms with Crippen LogP contribution in [0, 0.1) is 17.8 Å². The van der Waals surface area contributed by atoms with Gasteiger partial charge in [0.2, 0.25) is 0 Å². The van der Waals surface area contributed by atoms with Crippen molar-refractivity contribution >= 4 is 11.6 Å². The van der Waals surface area contributed by atoms with Crippen molar-refractivity contribution in [3.05, 3.63) is 251 Å². The number of ether oxygens (including phenoxy) is 2. The Bertz CT molecular complexity index is 2750. The summed E-state index contributed by atoms with van der Waals surface area (Å²) < 4.78 is 27.6. The van der Waals surface area contributed by atoms with Crippen molar-refractivity contribution in [3.8, 4) is 11.5 Å². The maximum Gasteiger partial charge on any atom is 0.193 e. The molecule has 0 saturated heterocycles. The lowest BCUT2D eigenvalue weighted by Gasteiger charge is -2.44. The van der Waals surface area contributed by atoms with Crippen molar-refractivity contribution < 1.29 is 23.5 Å². The zero-order chi connectivity index (χ0) is 48.1. The highest BCUT2D eigenvalue weighted by atomic mass is 19.1. The molecule has 67 heavy (non-hydrogen) atoms. The zero-order valence-electron chi connectivity index (χ0n) is 40.2. The van der Waals surface area contributed by atoms with Crippen LogP contribution in [0.4, 0.5) is 4.39 Å². The predicted octanol–water partition coefficient (Wildman–Crippen LogP) is 16.0. The van der Waals surface area contributed by atoms with Crippen LogP contribution in [0.5, 0.6) is 11.5 Å². The van der Waals surface area contributed by atoms with Crippen LogP contribution in [-0.2, 0) is 21.4 Å². The largest absolute Gasteiger partial charge is 0.484 e. The first-order valence-electron chi connectivity index (χ1n) is 23.4. The third-order valence-corrected chi connectivity index (χ3v) is 13.5. The molecule has 2 aliphatic rings. The maximum atomic E-state index is 14.4. The molecule has 4 nitrogen and oxygen atoms in total. The first-order valence-corrected chi connectivity index (χ1v) is 23.4. The van der Waals surface area contributed by atoms with E-state index in [0.29, 0.717) is 51.7 Å². The van der Waals surface area contributed by atoms with E-state index in [4.69, 9.17) is 9.47 Å². The molecule has 5 aromatic carbocycles. The highest BCUT2D eigenvalue weighted by molar-refractivity contribution is 6.09. The minimum absolute atomic E-state index is 0.0239. The van der Waals surface area contributed by atoms with Gasteiger partial charge in [0.15, 0.2) is 11.6 Å². The standard InChI is InChI=1S/C62H63FO4/c1-11-15-56-54(13-3)55(14-4)57(16-12-2)62(56,49-31-37-52(38-32-49)66-51-35-25-46(26-36-51)58(64)43-19-17-42(18-20-43)41(5)6)50-33-39-53(40-34-50)67-61(9,10)48-29-23-45(24-30-48)59(65)44-21-27-47(28-22-44)60(7,8)63/h11-33,35-41,50,55,57H,1,4,34H2,2-3,5-10H3/b16-12-,54-13-,56-15+. The molecule has 342 valence electrons. The number of carbonyl (C=O) groups is 2. The fourth-order valence-electron chi connectivity index (χ4n) is 9.91. The molecular formula is C62H63FO4. The van der Waals surface area contributed by atoms with Crippen molar-refractivity contribution in [2.45, 2.75) is 84.4 Å². The van der Waals surface area contributed by atoms with Crippen LogP contribution < -0.4 is 4.74 Å². The number of allylic oxidation sites excluding steroid dienone is 11. The second-order valence-corrected chi connectivity index (χ2v) is 18.9. The highest BCUT2D eigenvalue weighted by Gasteiger charge is 2.56. The van der Waals surface area contributed by atoms with Gasteiger partial charge in [-0.1, -0.05) is 148 Å². The van der Waals surface area contributed by atoms with Crippen molar-refractivity contribution in [1.82, 2.24) is 0 Å². The van der Waals surface area contributed by atoms with E-state index in [0.717, 1.165) is 16.9 Å². The molecule has 1 fully saturated rings. The molecule has 4 unspecified atom stereocenters. The molecule has 5 aromatic rings. The van der Waals surface area contributed by atoms with Crippen molar-refractivity contribution in [1.29, 1.82) is 0 Å². The SMILES string of the molecule is C=C/C=C1\C(=C/C)C(C=C)C(/C=C\C)C1(c1ccc(Oc2ccc(C(=O)c3ccc(C(C)C)cc3)cc2)cc1)C1C=CC(OC(C)(C)c2ccc(C(=O)c3ccc(C(C)(C)F)cc3)cc2)=CC1. The Balaban J connectivity index is 1.13. The smallest absolute Gasteiger partial charge is 0.193 e. The van der Waals surface area contributed by atoms with Crippen LogP contribution in [0.25, 0.3) is 0 Å². The van der Waals surface area contributed by atoms with Gasteiger partial charge in [-0.25, -0.2) is 4.39 Å². The Labute approximate surface area is 397 Å². The summed E-state index contributed by atoms with van der Waals surface area (Å²) in [5.74, 6) is 2.49. The average Bonchev–Trinajstić information content (AvgIpc) is 3.59. The number of hydrogen-bond donors (Lipinski definition) is 0. The molecule has 5 heteroatoms. The molecule has 0 spiro atoms. The van der Waals surface area contributed by atoms with E-state index in [1.807, 2.05) is 105 Å². The summed E-state index contributed by atoms with van der Waals surface area (Å²) in [6.07, 6.45) is 20.1. The second kappa shape index (κ2) is 19.9. The fourth-order valence-corrected chi connectivity index (χ4v) is 9.91. The van der Waals surface area contributed by atoms with Gasteiger partial charge in [-0.05, 0) is 142 Å². The van der Waals surface area contributed by atoms with Crippen LogP contribution in [0.2, 0.25) is 0 Å². The molecule has 0 amide bonds. The molecule has 4 atom stereocenters. The topological polar surface area (TPSA) is 52.6 Å². The summed E-state index contributed by atoms with van der Waals surface area (Å²) in [6.45, 7) is 24.1. The van der Waals surface area contributed by atoms with Crippen LogP contribution in [-0.4, -0.2) is 11.6 Å². The lowest BCUT2D eigenvalue weighted by atomic mass is 9.59. The van der Waals surface area contributed by atoms with Crippen molar-refractivity contribution in [3.63, 3.8) is 0 Å². The van der Waals surface area contributed by atoms with Gasteiger partial charge in [-0.15, -0.1) is 6.58 Å². The third-order valence-electron chi connectivity index (χ3n) is 13.5. The molecule has 0 bridgehead atoms. The lowest BCUT2D eigenvalue weighted by molar-refractivity contribution is 0.0372. The third kappa shape index (κ3) is 9.84. The molecule has 2 aliphatic carbocycles. The van der Waals surface area contributed by atoms with Crippen LogP contribution in [0.15, 0.2) is 206 Å². The Morgan fingerprint density at radius 1 is 0.731 bits per heavy atom. The summed E-state index contributed by atoms with van der Waals surface area (Å²) in [5, 5.41) is 0. The fraction of sp³-hybridized carbons (Fsp3) is 0.258. The zero-order valence-corrected chi connectivity index (χ0v) is 40.2. The monoisotopic (exact) mass is 890 g/mol. The van der Waals surface area contributed by atoms with Gasteiger partial charge >= 0.3 is 0 Å². The van der Waals surface area contributed by atoms with Crippen molar-refractivity contribution in [2.24, 2.45) is 17.8 Å². The van der Waals surface area contributed by atoms with E-state index in [9.17, 15) is 14.0 Å². The first kappa shape index (κ1) is 48.1. The quantitative estimate of drug-likeness (QED) is 0.0731. The normalized spacial score (nSPS) is 20.9. The molecule has 0 aliphatic heterocycles. The van der Waals surface area contributed by atoms with Gasteiger partial charge in [0.25, 0.3) is 0 Å². The van der Waals surface area contributed by atoms with E-state index in [-0.39, 0.29) is 29.3 Å². The Morgan fingerprint density at radius 2 is 1.24 bits per heavy atom. The van der Waals surface area contributed by atoms with Gasteiger partial charge in [0.05, 0.1) is 0 Å². The number of carbonyl (C=O) groups excluding carboxylic acids is 2. The van der Waals surface area contributed by atoms with Crippen LogP contribution in [0.3, 0.4) is 0 Å². The predicted molar refractivity (Wildman–Crippen MR) is 273 cm³/mol. The number of alkyl halides is 1. The van der Waals surface area contributed by atoms with Gasteiger partial charge in [-0.3, -0.25) is 9.59 Å². The molecule has 0 radical (unpaired) electrons. The van der Waals surface area contributed by atoms with Gasteiger partial charge in [0, 0.05) is 39.5 Å². The van der Waals surface area contributed by atoms with E-state index < -0.39 is 16.7 Å². The summed E-state index contributed by atoms with van der Waals surface area (Å²) in [5.41, 5.74) is 5.88. The average molecular weight is 891 g/mol. The summed E-state index contributed by atoms with van der Waals surface area (Å²) in [4.78, 5) is 26.6. The number of halogens is 1. The molecule has 7 rings (SSSR count).